The van der Waals surface area contributed by atoms with E-state index in [1.165, 1.54) is 167 Å². The molecule has 0 fully saturated rings. The van der Waals surface area contributed by atoms with Crippen molar-refractivity contribution in [1.82, 2.24) is 0 Å². The average molecular weight is 567 g/mol. The first-order chi connectivity index (χ1) is 19.2. The Morgan fingerprint density at radius 1 is 0.317 bits per heavy atom. The van der Waals surface area contributed by atoms with Gasteiger partial charge in [0.25, 0.3) is 0 Å². The summed E-state index contributed by atoms with van der Waals surface area (Å²) in [5, 5.41) is 0. The number of rotatable bonds is 32. The van der Waals surface area contributed by atoms with Crippen molar-refractivity contribution in [2.75, 3.05) is 0 Å². The van der Waals surface area contributed by atoms with Gasteiger partial charge in [0.2, 0.25) is 0 Å². The number of ether oxygens (including phenoxy) is 1. The monoisotopic (exact) mass is 567 g/mol. The number of hydrogen-bond acceptors (Lipinski definition) is 3. The summed E-state index contributed by atoms with van der Waals surface area (Å²) in [7, 11) is 0. The SMILES string of the molecule is CCCCCCCCCCCCCCCCCC(=O)OC(=O)CCCCCCCCCCCCCCCCC.[LiH].[LiH]. The van der Waals surface area contributed by atoms with Crippen LogP contribution in [0.2, 0.25) is 0 Å². The molecule has 3 nitrogen and oxygen atoms in total. The molecule has 0 heterocycles. The second kappa shape index (κ2) is 40.3. The van der Waals surface area contributed by atoms with Gasteiger partial charge in [0.1, 0.15) is 0 Å². The van der Waals surface area contributed by atoms with Crippen molar-refractivity contribution in [1.29, 1.82) is 0 Å². The quantitative estimate of drug-likeness (QED) is 0.0352. The minimum atomic E-state index is -0.323. The number of carbonyl (C=O) groups is 2. The van der Waals surface area contributed by atoms with Gasteiger partial charge >= 0.3 is 49.7 Å². The first-order valence-corrected chi connectivity index (χ1v) is 17.9. The van der Waals surface area contributed by atoms with Crippen LogP contribution in [0, 0.1) is 0 Å². The Morgan fingerprint density at radius 2 is 0.488 bits per heavy atom. The molecule has 0 saturated heterocycles. The summed E-state index contributed by atoms with van der Waals surface area (Å²) in [6, 6.07) is 0. The topological polar surface area (TPSA) is 43.4 Å². The van der Waals surface area contributed by atoms with Gasteiger partial charge in [-0.25, -0.2) is 0 Å². The third kappa shape index (κ3) is 40.3. The van der Waals surface area contributed by atoms with Gasteiger partial charge in [-0.1, -0.05) is 194 Å². The van der Waals surface area contributed by atoms with Crippen LogP contribution >= 0.6 is 0 Å². The fourth-order valence-electron chi connectivity index (χ4n) is 5.51. The molecule has 0 atom stereocenters. The molecule has 0 aliphatic rings. The Labute approximate surface area is 282 Å². The average Bonchev–Trinajstić information content (AvgIpc) is 2.93. The summed E-state index contributed by atoms with van der Waals surface area (Å²) in [5.74, 6) is -0.647. The number of unbranched alkanes of at least 4 members (excludes halogenated alkanes) is 28. The zero-order valence-electron chi connectivity index (χ0n) is 26.9. The molecule has 0 aromatic rings. The molecule has 0 unspecified atom stereocenters. The van der Waals surface area contributed by atoms with Crippen molar-refractivity contribution in [3.63, 3.8) is 0 Å². The zero-order valence-corrected chi connectivity index (χ0v) is 26.9. The first kappa shape index (κ1) is 45.8. The van der Waals surface area contributed by atoms with Gasteiger partial charge in [0.15, 0.2) is 0 Å². The summed E-state index contributed by atoms with van der Waals surface area (Å²) in [5.41, 5.74) is 0. The van der Waals surface area contributed by atoms with Crippen molar-refractivity contribution < 1.29 is 14.3 Å². The van der Waals surface area contributed by atoms with Crippen LogP contribution in [0.15, 0.2) is 0 Å². The Hall–Kier alpha value is 0.335. The Balaban J connectivity index is -0.00000722. The molecule has 0 spiro atoms. The summed E-state index contributed by atoms with van der Waals surface area (Å²) in [6.07, 6.45) is 40.1. The molecule has 0 radical (unpaired) electrons. The fourth-order valence-corrected chi connectivity index (χ4v) is 5.51. The Kier molecular flexibility index (Phi) is 45.0. The van der Waals surface area contributed by atoms with Gasteiger partial charge in [0.05, 0.1) is 0 Å². The van der Waals surface area contributed by atoms with E-state index in [0.29, 0.717) is 12.8 Å². The van der Waals surface area contributed by atoms with Crippen molar-refractivity contribution in [2.24, 2.45) is 0 Å². The molecule has 0 aromatic carbocycles. The van der Waals surface area contributed by atoms with Crippen molar-refractivity contribution in [2.45, 2.75) is 219 Å². The zero-order chi connectivity index (χ0) is 28.5. The third-order valence-corrected chi connectivity index (χ3v) is 8.20. The number of carbonyl (C=O) groups excluding carboxylic acids is 2. The Morgan fingerprint density at radius 3 is 0.683 bits per heavy atom. The van der Waals surface area contributed by atoms with Gasteiger partial charge in [0, 0.05) is 12.8 Å². The van der Waals surface area contributed by atoms with Crippen LogP contribution in [0.5, 0.6) is 0 Å². The van der Waals surface area contributed by atoms with Crippen molar-refractivity contribution in [3.05, 3.63) is 0 Å². The maximum atomic E-state index is 11.9. The van der Waals surface area contributed by atoms with Gasteiger partial charge in [-0.2, -0.15) is 0 Å². The van der Waals surface area contributed by atoms with Crippen LogP contribution in [-0.2, 0) is 14.3 Å². The summed E-state index contributed by atoms with van der Waals surface area (Å²) >= 11 is 0. The van der Waals surface area contributed by atoms with E-state index in [-0.39, 0.29) is 49.7 Å². The Bertz CT molecular complexity index is 469. The van der Waals surface area contributed by atoms with Crippen LogP contribution in [0.1, 0.15) is 219 Å². The fraction of sp³-hybridized carbons (Fsp3) is 0.944. The van der Waals surface area contributed by atoms with Gasteiger partial charge in [-0.3, -0.25) is 9.59 Å². The number of esters is 2. The standard InChI is InChI=1S/C36H70O3.2Li.2H/c1-3-5-7-9-11-13-15-17-19-21-23-25-27-29-31-33-35(37)39-36(38)34-32-30-28-26-24-22-20-18-16-14-12-10-8-6-4-2;;;;/h3-34H2,1-2H3;;;;. The molecule has 0 amide bonds. The van der Waals surface area contributed by atoms with Gasteiger partial charge < -0.3 is 4.74 Å². The molecule has 0 saturated carbocycles. The van der Waals surface area contributed by atoms with E-state index in [4.69, 9.17) is 4.74 Å². The first-order valence-electron chi connectivity index (χ1n) is 17.9. The van der Waals surface area contributed by atoms with Crippen LogP contribution in [0.4, 0.5) is 0 Å². The summed E-state index contributed by atoms with van der Waals surface area (Å²) in [6.45, 7) is 4.55. The molecule has 236 valence electrons. The molecular formula is C36H72Li2O3. The van der Waals surface area contributed by atoms with Crippen LogP contribution < -0.4 is 0 Å². The predicted octanol–water partition coefficient (Wildman–Crippen LogP) is 11.3. The summed E-state index contributed by atoms with van der Waals surface area (Å²) < 4.78 is 5.01. The molecule has 0 bridgehead atoms. The van der Waals surface area contributed by atoms with Crippen molar-refractivity contribution in [3.8, 4) is 0 Å². The molecular weight excluding hydrogens is 494 g/mol. The predicted molar refractivity (Wildman–Crippen MR) is 184 cm³/mol. The molecule has 0 aromatic heterocycles. The van der Waals surface area contributed by atoms with E-state index in [1.54, 1.807) is 0 Å². The molecule has 0 rings (SSSR count). The van der Waals surface area contributed by atoms with E-state index >= 15 is 0 Å². The molecule has 0 N–H and O–H groups in total. The molecule has 5 heteroatoms. The van der Waals surface area contributed by atoms with E-state index in [9.17, 15) is 9.59 Å². The van der Waals surface area contributed by atoms with E-state index in [0.717, 1.165) is 25.7 Å². The van der Waals surface area contributed by atoms with Crippen molar-refractivity contribution >= 4 is 49.7 Å². The normalized spacial score (nSPS) is 10.7. The second-order valence-corrected chi connectivity index (χ2v) is 12.2. The minimum absolute atomic E-state index is 0. The van der Waals surface area contributed by atoms with Gasteiger partial charge in [-0.05, 0) is 12.8 Å². The molecule has 0 aliphatic carbocycles. The van der Waals surface area contributed by atoms with E-state index < -0.39 is 0 Å². The third-order valence-electron chi connectivity index (χ3n) is 8.20. The second-order valence-electron chi connectivity index (χ2n) is 12.2. The van der Waals surface area contributed by atoms with E-state index in [1.807, 2.05) is 0 Å². The number of hydrogen-bond donors (Lipinski definition) is 0. The van der Waals surface area contributed by atoms with E-state index in [2.05, 4.69) is 13.8 Å². The summed E-state index contributed by atoms with van der Waals surface area (Å²) in [4.78, 5) is 23.8. The molecule has 41 heavy (non-hydrogen) atoms. The molecule has 0 aliphatic heterocycles. The van der Waals surface area contributed by atoms with Crippen LogP contribution in [0.3, 0.4) is 0 Å². The van der Waals surface area contributed by atoms with Crippen LogP contribution in [-0.4, -0.2) is 49.7 Å². The van der Waals surface area contributed by atoms with Gasteiger partial charge in [-0.15, -0.1) is 0 Å². The maximum absolute atomic E-state index is 11.9. The van der Waals surface area contributed by atoms with Crippen LogP contribution in [0.25, 0.3) is 0 Å².